The number of amides is 1. The average molecular weight is 385 g/mol. The third-order valence-electron chi connectivity index (χ3n) is 5.07. The lowest BCUT2D eigenvalue weighted by atomic mass is 10.1. The van der Waals surface area contributed by atoms with Gasteiger partial charge in [0.1, 0.15) is 12.3 Å². The smallest absolute Gasteiger partial charge is 0.332 e. The summed E-state index contributed by atoms with van der Waals surface area (Å²) in [6, 6.07) is 7.15. The lowest BCUT2D eigenvalue weighted by Gasteiger charge is -2.25. The van der Waals surface area contributed by atoms with Crippen molar-refractivity contribution in [2.24, 2.45) is 14.1 Å². The molecule has 0 fully saturated rings. The summed E-state index contributed by atoms with van der Waals surface area (Å²) in [4.78, 5) is 43.7. The van der Waals surface area contributed by atoms with E-state index in [1.54, 1.807) is 25.8 Å². The van der Waals surface area contributed by atoms with Crippen LogP contribution in [0.1, 0.15) is 18.5 Å². The van der Waals surface area contributed by atoms with Crippen molar-refractivity contribution in [3.63, 3.8) is 0 Å². The number of carbonyl (C=O) groups is 1. The minimum atomic E-state index is -0.574. The molecular formula is C19H23N5O4. The molecule has 0 N–H and O–H groups in total. The minimum Gasteiger partial charge on any atom is -0.497 e. The fourth-order valence-corrected chi connectivity index (χ4v) is 3.10. The maximum Gasteiger partial charge on any atom is 0.332 e. The molecule has 3 rings (SSSR count). The predicted molar refractivity (Wildman–Crippen MR) is 104 cm³/mol. The number of aromatic nitrogens is 4. The van der Waals surface area contributed by atoms with E-state index in [0.717, 1.165) is 15.9 Å². The molecule has 0 aliphatic carbocycles. The van der Waals surface area contributed by atoms with E-state index in [4.69, 9.17) is 4.74 Å². The number of benzene rings is 1. The van der Waals surface area contributed by atoms with Crippen molar-refractivity contribution in [3.8, 4) is 5.75 Å². The van der Waals surface area contributed by atoms with Crippen molar-refractivity contribution < 1.29 is 9.53 Å². The van der Waals surface area contributed by atoms with Crippen LogP contribution in [0.3, 0.4) is 0 Å². The van der Waals surface area contributed by atoms with Gasteiger partial charge in [-0.05, 0) is 24.6 Å². The molecule has 28 heavy (non-hydrogen) atoms. The molecule has 0 saturated carbocycles. The molecule has 0 radical (unpaired) electrons. The van der Waals surface area contributed by atoms with E-state index >= 15 is 0 Å². The summed E-state index contributed by atoms with van der Waals surface area (Å²) in [7, 11) is 6.44. The van der Waals surface area contributed by atoms with Crippen LogP contribution in [0, 0.1) is 0 Å². The number of likely N-dealkylation sites (N-methyl/N-ethyl adjacent to an activating group) is 1. The highest BCUT2D eigenvalue weighted by Crippen LogP contribution is 2.21. The van der Waals surface area contributed by atoms with Gasteiger partial charge < -0.3 is 14.2 Å². The van der Waals surface area contributed by atoms with Gasteiger partial charge in [0.25, 0.3) is 5.56 Å². The minimum absolute atomic E-state index is 0.238. The van der Waals surface area contributed by atoms with Gasteiger partial charge in [0.2, 0.25) is 5.91 Å². The second-order valence-electron chi connectivity index (χ2n) is 6.71. The first-order valence-corrected chi connectivity index (χ1v) is 8.76. The second kappa shape index (κ2) is 7.34. The third kappa shape index (κ3) is 3.19. The van der Waals surface area contributed by atoms with E-state index < -0.39 is 11.2 Å². The van der Waals surface area contributed by atoms with Crippen LogP contribution in [-0.4, -0.2) is 43.6 Å². The average Bonchev–Trinajstić information content (AvgIpc) is 3.10. The SMILES string of the molecule is COc1ccc(C(C)N(C)C(=O)Cn2c(=O)c3c(ncn3C)n(C)c2=O)cc1. The Morgan fingerprint density at radius 2 is 1.86 bits per heavy atom. The molecule has 1 unspecified atom stereocenters. The fourth-order valence-electron chi connectivity index (χ4n) is 3.10. The zero-order valence-corrected chi connectivity index (χ0v) is 16.5. The Bertz CT molecular complexity index is 1140. The van der Waals surface area contributed by atoms with Crippen molar-refractivity contribution in [1.82, 2.24) is 23.6 Å². The molecular weight excluding hydrogens is 362 g/mol. The number of rotatable bonds is 5. The first kappa shape index (κ1) is 19.4. The number of imidazole rings is 1. The lowest BCUT2D eigenvalue weighted by molar-refractivity contribution is -0.132. The van der Waals surface area contributed by atoms with E-state index in [0.29, 0.717) is 5.65 Å². The quantitative estimate of drug-likeness (QED) is 0.644. The number of nitrogens with zero attached hydrogens (tertiary/aromatic N) is 5. The Morgan fingerprint density at radius 1 is 1.21 bits per heavy atom. The highest BCUT2D eigenvalue weighted by Gasteiger charge is 2.21. The zero-order chi connectivity index (χ0) is 20.6. The largest absolute Gasteiger partial charge is 0.497 e. The molecule has 2 aromatic heterocycles. The molecule has 0 aliphatic rings. The molecule has 1 atom stereocenters. The number of aryl methyl sites for hydroxylation is 2. The highest BCUT2D eigenvalue weighted by molar-refractivity contribution is 5.77. The van der Waals surface area contributed by atoms with Crippen molar-refractivity contribution in [1.29, 1.82) is 0 Å². The first-order chi connectivity index (χ1) is 13.3. The molecule has 2 heterocycles. The van der Waals surface area contributed by atoms with Crippen molar-refractivity contribution in [2.75, 3.05) is 14.2 Å². The van der Waals surface area contributed by atoms with Gasteiger partial charge in [0.15, 0.2) is 11.2 Å². The van der Waals surface area contributed by atoms with Gasteiger partial charge in [0.05, 0.1) is 19.5 Å². The van der Waals surface area contributed by atoms with Crippen molar-refractivity contribution in [3.05, 3.63) is 57.0 Å². The third-order valence-corrected chi connectivity index (χ3v) is 5.07. The Kier molecular flexibility index (Phi) is 5.08. The summed E-state index contributed by atoms with van der Waals surface area (Å²) in [6.07, 6.45) is 1.47. The molecule has 3 aromatic rings. The normalized spacial score (nSPS) is 12.2. The van der Waals surface area contributed by atoms with Gasteiger partial charge in [-0.1, -0.05) is 12.1 Å². The number of fused-ring (bicyclic) bond motifs is 1. The maximum atomic E-state index is 12.8. The fraction of sp³-hybridized carbons (Fsp3) is 0.368. The van der Waals surface area contributed by atoms with Crippen LogP contribution in [0.5, 0.6) is 5.75 Å². The second-order valence-corrected chi connectivity index (χ2v) is 6.71. The van der Waals surface area contributed by atoms with Crippen molar-refractivity contribution in [2.45, 2.75) is 19.5 Å². The molecule has 1 aromatic carbocycles. The Labute approximate surface area is 161 Å². The Hall–Kier alpha value is -3.36. The molecule has 0 saturated heterocycles. The number of hydrogen-bond donors (Lipinski definition) is 0. The lowest BCUT2D eigenvalue weighted by Crippen LogP contribution is -2.44. The zero-order valence-electron chi connectivity index (χ0n) is 16.5. The van der Waals surface area contributed by atoms with Gasteiger partial charge in [-0.3, -0.25) is 14.2 Å². The summed E-state index contributed by atoms with van der Waals surface area (Å²) in [6.45, 7) is 1.54. The van der Waals surface area contributed by atoms with Crippen LogP contribution >= 0.6 is 0 Å². The van der Waals surface area contributed by atoms with Crippen LogP contribution in [0.2, 0.25) is 0 Å². The number of methoxy groups -OCH3 is 1. The predicted octanol–water partition coefficient (Wildman–Crippen LogP) is 0.662. The number of carbonyl (C=O) groups excluding carboxylic acids is 1. The van der Waals surface area contributed by atoms with Crippen LogP contribution in [0.25, 0.3) is 11.2 Å². The molecule has 9 nitrogen and oxygen atoms in total. The summed E-state index contributed by atoms with van der Waals surface area (Å²) in [5.41, 5.74) is 0.382. The van der Waals surface area contributed by atoms with Crippen molar-refractivity contribution >= 4 is 17.1 Å². The van der Waals surface area contributed by atoms with E-state index in [1.807, 2.05) is 31.2 Å². The van der Waals surface area contributed by atoms with E-state index in [9.17, 15) is 14.4 Å². The van der Waals surface area contributed by atoms with Gasteiger partial charge in [-0.15, -0.1) is 0 Å². The molecule has 148 valence electrons. The summed E-state index contributed by atoms with van der Waals surface area (Å²) in [5, 5.41) is 0. The summed E-state index contributed by atoms with van der Waals surface area (Å²) in [5.74, 6) is 0.383. The molecule has 0 spiro atoms. The monoisotopic (exact) mass is 385 g/mol. The maximum absolute atomic E-state index is 12.8. The molecule has 1 amide bonds. The number of hydrogen-bond acceptors (Lipinski definition) is 5. The first-order valence-electron chi connectivity index (χ1n) is 8.76. The van der Waals surface area contributed by atoms with Gasteiger partial charge in [-0.2, -0.15) is 0 Å². The van der Waals surface area contributed by atoms with Gasteiger partial charge in [0, 0.05) is 21.1 Å². The highest BCUT2D eigenvalue weighted by atomic mass is 16.5. The standard InChI is InChI=1S/C19H23N5O4/c1-12(13-6-8-14(28-5)9-7-13)22(3)15(25)10-24-18(26)16-17(20-11-21(16)2)23(4)19(24)27/h6-9,11-12H,10H2,1-5H3. The van der Waals surface area contributed by atoms with E-state index in [-0.39, 0.29) is 24.0 Å². The van der Waals surface area contributed by atoms with Crippen LogP contribution < -0.4 is 16.0 Å². The van der Waals surface area contributed by atoms with E-state index in [2.05, 4.69) is 4.98 Å². The van der Waals surface area contributed by atoms with E-state index in [1.165, 1.54) is 22.8 Å². The number of ether oxygens (including phenoxy) is 1. The summed E-state index contributed by atoms with van der Waals surface area (Å²) < 4.78 is 8.91. The van der Waals surface area contributed by atoms with Gasteiger partial charge in [-0.25, -0.2) is 14.3 Å². The topological polar surface area (TPSA) is 91.4 Å². The molecule has 0 aliphatic heterocycles. The summed E-state index contributed by atoms with van der Waals surface area (Å²) >= 11 is 0. The van der Waals surface area contributed by atoms with Crippen LogP contribution in [-0.2, 0) is 25.4 Å². The molecule has 0 bridgehead atoms. The Balaban J connectivity index is 1.91. The molecule has 9 heteroatoms. The van der Waals surface area contributed by atoms with Crippen LogP contribution in [0.4, 0.5) is 0 Å². The van der Waals surface area contributed by atoms with Crippen LogP contribution in [0.15, 0.2) is 40.2 Å². The Morgan fingerprint density at radius 3 is 2.46 bits per heavy atom. The van der Waals surface area contributed by atoms with Gasteiger partial charge >= 0.3 is 5.69 Å².